The van der Waals surface area contributed by atoms with Crippen LogP contribution in [0, 0.1) is 20.2 Å². The van der Waals surface area contributed by atoms with E-state index in [0.717, 1.165) is 17.6 Å². The Morgan fingerprint density at radius 1 is 0.800 bits per heavy atom. The number of hydrogen-bond acceptors (Lipinski definition) is 8. The number of anilines is 3. The first-order valence-electron chi connectivity index (χ1n) is 12.0. The fraction of sp³-hybridized carbons (Fsp3) is 0. The topological polar surface area (TPSA) is 159 Å². The third-order valence-electron chi connectivity index (χ3n) is 5.98. The molecule has 1 heterocycles. The van der Waals surface area contributed by atoms with Crippen molar-refractivity contribution in [3.8, 4) is 0 Å². The Labute approximate surface area is 226 Å². The number of fused-ring (bicyclic) bond motifs is 1. The predicted octanol–water partition coefficient (Wildman–Crippen LogP) is 5.67. The Bertz CT molecular complexity index is 1700. The Morgan fingerprint density at radius 3 is 2.05 bits per heavy atom. The Balaban J connectivity index is 1.57. The summed E-state index contributed by atoms with van der Waals surface area (Å²) < 4.78 is 0. The van der Waals surface area contributed by atoms with E-state index in [4.69, 9.17) is 0 Å². The number of non-ortho nitro benzene ring substituents is 1. The maximum Gasteiger partial charge on any atom is 0.301 e. The van der Waals surface area contributed by atoms with E-state index in [2.05, 4.69) is 20.9 Å². The standard InChI is InChI=1S/C28H21N7O5/c36-28(32-33(19-9-3-1-4-10-19)20-11-5-2-6-12-20)27(23-18-29-24-14-8-7-13-22(23)24)31-30-25-16-15-21(34(37)38)17-26(25)35(39)40/h1-18,29-30H,(H,32,36). The van der Waals surface area contributed by atoms with E-state index in [9.17, 15) is 25.0 Å². The summed E-state index contributed by atoms with van der Waals surface area (Å²) in [5.41, 5.74) is 6.80. The number of hydrogen-bond donors (Lipinski definition) is 3. The van der Waals surface area contributed by atoms with Gasteiger partial charge in [0.05, 0.1) is 27.3 Å². The Hall–Kier alpha value is -6.04. The van der Waals surface area contributed by atoms with Gasteiger partial charge in [-0.15, -0.1) is 0 Å². The number of nitro groups is 2. The molecule has 0 spiro atoms. The first kappa shape index (κ1) is 25.6. The van der Waals surface area contributed by atoms with Crippen LogP contribution in [0.3, 0.4) is 0 Å². The second-order valence-electron chi connectivity index (χ2n) is 8.48. The van der Waals surface area contributed by atoms with E-state index < -0.39 is 27.1 Å². The lowest BCUT2D eigenvalue weighted by molar-refractivity contribution is -0.393. The lowest BCUT2D eigenvalue weighted by Gasteiger charge is -2.25. The number of amides is 1. The van der Waals surface area contributed by atoms with Crippen molar-refractivity contribution < 1.29 is 14.6 Å². The van der Waals surface area contributed by atoms with Gasteiger partial charge in [0.15, 0.2) is 5.71 Å². The first-order chi connectivity index (χ1) is 19.4. The molecule has 0 saturated carbocycles. The number of carbonyl (C=O) groups excluding carboxylic acids is 1. The number of H-pyrrole nitrogens is 1. The van der Waals surface area contributed by atoms with Crippen LogP contribution in [0.5, 0.6) is 0 Å². The zero-order valence-electron chi connectivity index (χ0n) is 20.7. The van der Waals surface area contributed by atoms with Gasteiger partial charge in [-0.3, -0.25) is 40.9 Å². The van der Waals surface area contributed by atoms with Crippen molar-refractivity contribution in [3.63, 3.8) is 0 Å². The highest BCUT2D eigenvalue weighted by atomic mass is 16.6. The van der Waals surface area contributed by atoms with Crippen LogP contribution in [0.25, 0.3) is 10.9 Å². The number of nitrogens with zero attached hydrogens (tertiary/aromatic N) is 4. The molecule has 4 aromatic carbocycles. The molecule has 5 rings (SSSR count). The molecule has 0 saturated heterocycles. The molecular formula is C28H21N7O5. The number of nitro benzene ring substituents is 2. The normalized spacial score (nSPS) is 11.2. The number of nitrogens with one attached hydrogen (secondary N) is 3. The zero-order chi connectivity index (χ0) is 28.1. The summed E-state index contributed by atoms with van der Waals surface area (Å²) in [6.07, 6.45) is 1.62. The van der Waals surface area contributed by atoms with Crippen molar-refractivity contribution in [1.82, 2.24) is 10.4 Å². The summed E-state index contributed by atoms with van der Waals surface area (Å²) >= 11 is 0. The predicted molar refractivity (Wildman–Crippen MR) is 151 cm³/mol. The van der Waals surface area contributed by atoms with E-state index in [0.29, 0.717) is 22.3 Å². The molecule has 0 aliphatic carbocycles. The molecule has 1 amide bonds. The van der Waals surface area contributed by atoms with Gasteiger partial charge in [-0.2, -0.15) is 5.10 Å². The summed E-state index contributed by atoms with van der Waals surface area (Å²) in [4.78, 5) is 38.3. The van der Waals surface area contributed by atoms with Gasteiger partial charge in [-0.25, -0.2) is 0 Å². The molecule has 0 aliphatic heterocycles. The van der Waals surface area contributed by atoms with Crippen LogP contribution in [0.1, 0.15) is 5.56 Å². The molecule has 40 heavy (non-hydrogen) atoms. The largest absolute Gasteiger partial charge is 0.360 e. The number of benzene rings is 4. The average molecular weight is 536 g/mol. The van der Waals surface area contributed by atoms with Crippen molar-refractivity contribution in [2.45, 2.75) is 0 Å². The van der Waals surface area contributed by atoms with Crippen molar-refractivity contribution in [2.75, 3.05) is 10.4 Å². The SMILES string of the molecule is O=C(NN(c1ccccc1)c1ccccc1)C(=NNc1ccc([N+](=O)[O-])cc1[N+](=O)[O-])c1c[nH]c2ccccc12. The minimum Gasteiger partial charge on any atom is -0.360 e. The van der Waals surface area contributed by atoms with Gasteiger partial charge < -0.3 is 4.98 Å². The molecule has 0 radical (unpaired) electrons. The van der Waals surface area contributed by atoms with Crippen LogP contribution < -0.4 is 15.9 Å². The summed E-state index contributed by atoms with van der Waals surface area (Å²) in [6, 6.07) is 28.8. The van der Waals surface area contributed by atoms with Crippen LogP contribution in [-0.4, -0.2) is 26.4 Å². The van der Waals surface area contributed by atoms with Crippen LogP contribution in [0.15, 0.2) is 114 Å². The summed E-state index contributed by atoms with van der Waals surface area (Å²) in [7, 11) is 0. The minimum atomic E-state index is -0.761. The third kappa shape index (κ3) is 5.31. The van der Waals surface area contributed by atoms with Gasteiger partial charge >= 0.3 is 5.69 Å². The van der Waals surface area contributed by atoms with Gasteiger partial charge in [0.2, 0.25) is 0 Å². The lowest BCUT2D eigenvalue weighted by Crippen LogP contribution is -2.43. The summed E-state index contributed by atoms with van der Waals surface area (Å²) in [6.45, 7) is 0. The monoisotopic (exact) mass is 535 g/mol. The Morgan fingerprint density at radius 2 is 1.43 bits per heavy atom. The quantitative estimate of drug-likeness (QED) is 0.125. The van der Waals surface area contributed by atoms with Gasteiger partial charge in [-0.05, 0) is 36.4 Å². The number of hydrazine groups is 1. The molecule has 3 N–H and O–H groups in total. The number of rotatable bonds is 9. The maximum absolute atomic E-state index is 13.9. The molecule has 0 fully saturated rings. The highest BCUT2D eigenvalue weighted by Gasteiger charge is 2.24. The van der Waals surface area contributed by atoms with E-state index in [-0.39, 0.29) is 11.4 Å². The third-order valence-corrected chi connectivity index (χ3v) is 5.98. The molecule has 0 atom stereocenters. The number of aromatic nitrogens is 1. The average Bonchev–Trinajstić information content (AvgIpc) is 3.40. The number of aromatic amines is 1. The highest BCUT2D eigenvalue weighted by molar-refractivity contribution is 6.47. The molecule has 0 unspecified atom stereocenters. The molecule has 1 aromatic heterocycles. The second-order valence-corrected chi connectivity index (χ2v) is 8.48. The van der Waals surface area contributed by atoms with Crippen molar-refractivity contribution in [2.24, 2.45) is 5.10 Å². The molecule has 0 aliphatic rings. The van der Waals surface area contributed by atoms with Crippen LogP contribution in [0.2, 0.25) is 0 Å². The minimum absolute atomic E-state index is 0.0815. The molecule has 5 aromatic rings. The fourth-order valence-corrected chi connectivity index (χ4v) is 4.08. The maximum atomic E-state index is 13.9. The lowest BCUT2D eigenvalue weighted by atomic mass is 10.1. The first-order valence-corrected chi connectivity index (χ1v) is 12.0. The molecule has 0 bridgehead atoms. The molecular weight excluding hydrogens is 514 g/mol. The van der Waals surface area contributed by atoms with Crippen LogP contribution in [-0.2, 0) is 4.79 Å². The summed E-state index contributed by atoms with van der Waals surface area (Å²) in [5.74, 6) is -0.616. The zero-order valence-corrected chi connectivity index (χ0v) is 20.7. The van der Waals surface area contributed by atoms with E-state index in [1.165, 1.54) is 6.07 Å². The highest BCUT2D eigenvalue weighted by Crippen LogP contribution is 2.29. The van der Waals surface area contributed by atoms with E-state index in [1.54, 1.807) is 11.2 Å². The smallest absolute Gasteiger partial charge is 0.301 e. The Kier molecular flexibility index (Phi) is 7.13. The fourth-order valence-electron chi connectivity index (χ4n) is 4.08. The van der Waals surface area contributed by atoms with Crippen molar-refractivity contribution in [3.05, 3.63) is 135 Å². The van der Waals surface area contributed by atoms with E-state index in [1.807, 2.05) is 84.9 Å². The number of hydrazone groups is 1. The van der Waals surface area contributed by atoms with Crippen LogP contribution >= 0.6 is 0 Å². The van der Waals surface area contributed by atoms with Crippen molar-refractivity contribution in [1.29, 1.82) is 0 Å². The van der Waals surface area contributed by atoms with Gasteiger partial charge in [0, 0.05) is 28.7 Å². The molecule has 12 nitrogen and oxygen atoms in total. The molecule has 12 heteroatoms. The second kappa shape index (κ2) is 11.1. The summed E-state index contributed by atoms with van der Waals surface area (Å²) in [5, 5.41) is 29.3. The van der Waals surface area contributed by atoms with Crippen LogP contribution in [0.4, 0.5) is 28.4 Å². The van der Waals surface area contributed by atoms with Gasteiger partial charge in [0.1, 0.15) is 5.69 Å². The van der Waals surface area contributed by atoms with Gasteiger partial charge in [0.25, 0.3) is 11.6 Å². The van der Waals surface area contributed by atoms with Gasteiger partial charge in [-0.1, -0.05) is 54.6 Å². The molecule has 198 valence electrons. The van der Waals surface area contributed by atoms with E-state index >= 15 is 0 Å². The number of para-hydroxylation sites is 3. The number of carbonyl (C=O) groups is 1. The van der Waals surface area contributed by atoms with Crippen molar-refractivity contribution >= 4 is 51.0 Å².